The molecule has 43 heavy (non-hydrogen) atoms. The van der Waals surface area contributed by atoms with Crippen molar-refractivity contribution in [3.63, 3.8) is 0 Å². The maximum absolute atomic E-state index is 15.6. The highest BCUT2D eigenvalue weighted by molar-refractivity contribution is 6.04. The Balaban J connectivity index is 1.23. The molecule has 1 aliphatic carbocycles. The monoisotopic (exact) mass is 576 g/mol. The van der Waals surface area contributed by atoms with E-state index in [2.05, 4.69) is 20.5 Å². The molecule has 11 heteroatoms. The first-order chi connectivity index (χ1) is 20.9. The van der Waals surface area contributed by atoms with Crippen molar-refractivity contribution in [1.29, 1.82) is 0 Å². The third-order valence-electron chi connectivity index (χ3n) is 7.89. The van der Waals surface area contributed by atoms with E-state index >= 15 is 4.39 Å². The van der Waals surface area contributed by atoms with Gasteiger partial charge >= 0.3 is 0 Å². The summed E-state index contributed by atoms with van der Waals surface area (Å²) >= 11 is 0. The van der Waals surface area contributed by atoms with Crippen LogP contribution in [0.1, 0.15) is 76.3 Å². The van der Waals surface area contributed by atoms with Gasteiger partial charge in [-0.1, -0.05) is 24.3 Å². The third kappa shape index (κ3) is 4.96. The minimum absolute atomic E-state index is 0.117. The highest BCUT2D eigenvalue weighted by atomic mass is 19.1. The van der Waals surface area contributed by atoms with Crippen LogP contribution in [0, 0.1) is 5.82 Å². The lowest BCUT2D eigenvalue weighted by Gasteiger charge is -2.21. The molecule has 7 rings (SSSR count). The number of benzene rings is 2. The van der Waals surface area contributed by atoms with E-state index in [0.717, 1.165) is 24.2 Å². The average Bonchev–Trinajstić information content (AvgIpc) is 3.61. The first kappa shape index (κ1) is 26.7. The predicted octanol–water partition coefficient (Wildman–Crippen LogP) is 5.53. The molecule has 1 N–H and O–H groups in total. The topological polar surface area (TPSA) is 111 Å². The number of halogens is 1. The quantitative estimate of drug-likeness (QED) is 0.285. The number of amides is 2. The van der Waals surface area contributed by atoms with Crippen LogP contribution in [0.4, 0.5) is 10.2 Å². The summed E-state index contributed by atoms with van der Waals surface area (Å²) in [5, 5.41) is 10.9. The van der Waals surface area contributed by atoms with E-state index in [1.54, 1.807) is 47.9 Å². The Morgan fingerprint density at radius 1 is 1.00 bits per heavy atom. The van der Waals surface area contributed by atoms with Crippen LogP contribution in [-0.2, 0) is 13.1 Å². The molecule has 3 aromatic heterocycles. The Morgan fingerprint density at radius 3 is 2.58 bits per heavy atom. The number of hydrogen-bond donors (Lipinski definition) is 1. The highest BCUT2D eigenvalue weighted by Gasteiger charge is 2.34. The van der Waals surface area contributed by atoms with Gasteiger partial charge in [0.2, 0.25) is 0 Å². The molecule has 2 aromatic carbocycles. The van der Waals surface area contributed by atoms with Crippen molar-refractivity contribution in [2.45, 2.75) is 51.7 Å². The van der Waals surface area contributed by atoms with Gasteiger partial charge in [0, 0.05) is 24.1 Å². The minimum atomic E-state index is -0.690. The standard InChI is InChI=1S/C32H29FN8O2/c1-19(2)40-18-35-38-30(40)25-9-6-10-28(36-25)37-31(42)23-14-26-22(13-24(23)33)15-39(32(43)21-7-4-3-5-8-21)16-27-29(20-11-12-20)34-17-41(26)27/h3-10,13-14,17-20H,11-12,15-16H2,1-2H3,(H,36,37,42). The van der Waals surface area contributed by atoms with Gasteiger partial charge in [0.1, 0.15) is 23.7 Å². The smallest absolute Gasteiger partial charge is 0.259 e. The highest BCUT2D eigenvalue weighted by Crippen LogP contribution is 2.42. The molecule has 0 saturated heterocycles. The van der Waals surface area contributed by atoms with Gasteiger partial charge in [-0.25, -0.2) is 14.4 Å². The second kappa shape index (κ2) is 10.6. The molecule has 2 amide bonds. The van der Waals surface area contributed by atoms with Gasteiger partial charge in [-0.05, 0) is 68.7 Å². The fourth-order valence-electron chi connectivity index (χ4n) is 5.54. The lowest BCUT2D eigenvalue weighted by Crippen LogP contribution is -2.30. The molecule has 2 aliphatic rings. The number of nitrogens with zero attached hydrogens (tertiary/aromatic N) is 7. The lowest BCUT2D eigenvalue weighted by atomic mass is 10.1. The van der Waals surface area contributed by atoms with Crippen molar-refractivity contribution in [3.8, 4) is 17.2 Å². The molecule has 10 nitrogen and oxygen atoms in total. The molecular formula is C32H29FN8O2. The number of pyridine rings is 1. The zero-order chi connectivity index (χ0) is 29.7. The van der Waals surface area contributed by atoms with Gasteiger partial charge in [-0.2, -0.15) is 0 Å². The van der Waals surface area contributed by atoms with Gasteiger partial charge in [0.15, 0.2) is 5.82 Å². The number of anilines is 1. The second-order valence-electron chi connectivity index (χ2n) is 11.2. The molecule has 0 atom stereocenters. The average molecular weight is 577 g/mol. The van der Waals surface area contributed by atoms with Gasteiger partial charge in [-0.3, -0.25) is 9.59 Å². The number of fused-ring (bicyclic) bond motifs is 3. The number of carbonyl (C=O) groups is 2. The van der Waals surface area contributed by atoms with Gasteiger partial charge in [0.25, 0.3) is 11.8 Å². The summed E-state index contributed by atoms with van der Waals surface area (Å²) < 4.78 is 19.4. The Morgan fingerprint density at radius 2 is 1.81 bits per heavy atom. The molecule has 4 heterocycles. The molecule has 0 radical (unpaired) electrons. The summed E-state index contributed by atoms with van der Waals surface area (Å²) in [4.78, 5) is 38.0. The SMILES string of the molecule is CC(C)n1cnnc1-c1cccc(NC(=O)c2cc3c(cc2F)CN(C(=O)c2ccccc2)Cc2c(C4CC4)ncn2-3)n1. The van der Waals surface area contributed by atoms with Crippen LogP contribution in [0.15, 0.2) is 73.3 Å². The third-order valence-corrected chi connectivity index (χ3v) is 7.89. The normalized spacial score (nSPS) is 14.3. The van der Waals surface area contributed by atoms with E-state index in [4.69, 9.17) is 4.98 Å². The molecular weight excluding hydrogens is 547 g/mol. The largest absolute Gasteiger partial charge is 0.328 e. The number of nitrogens with one attached hydrogen (secondary N) is 1. The van der Waals surface area contributed by atoms with Crippen LogP contribution in [0.3, 0.4) is 0 Å². The Bertz CT molecular complexity index is 1860. The van der Waals surface area contributed by atoms with E-state index in [-0.39, 0.29) is 29.9 Å². The molecule has 0 unspecified atom stereocenters. The van der Waals surface area contributed by atoms with Crippen molar-refractivity contribution in [2.75, 3.05) is 5.32 Å². The number of carbonyl (C=O) groups excluding carboxylic acids is 2. The Hall–Kier alpha value is -5.19. The minimum Gasteiger partial charge on any atom is -0.328 e. The molecule has 1 saturated carbocycles. The summed E-state index contributed by atoms with van der Waals surface area (Å²) in [6.45, 7) is 4.54. The summed E-state index contributed by atoms with van der Waals surface area (Å²) in [5.41, 5.74) is 4.00. The summed E-state index contributed by atoms with van der Waals surface area (Å²) in [7, 11) is 0. The zero-order valence-corrected chi connectivity index (χ0v) is 23.7. The number of hydrogen-bond acceptors (Lipinski definition) is 6. The number of rotatable bonds is 6. The van der Waals surface area contributed by atoms with Crippen LogP contribution in [-0.4, -0.2) is 46.0 Å². The maximum atomic E-state index is 15.6. The predicted molar refractivity (Wildman–Crippen MR) is 157 cm³/mol. The summed E-state index contributed by atoms with van der Waals surface area (Å²) in [5.74, 6) is -0.310. The lowest BCUT2D eigenvalue weighted by molar-refractivity contribution is 0.0729. The van der Waals surface area contributed by atoms with Crippen LogP contribution < -0.4 is 5.32 Å². The Kier molecular flexibility index (Phi) is 6.56. The molecule has 5 aromatic rings. The first-order valence-electron chi connectivity index (χ1n) is 14.3. The van der Waals surface area contributed by atoms with Crippen LogP contribution in [0.25, 0.3) is 17.2 Å². The van der Waals surface area contributed by atoms with Crippen molar-refractivity contribution >= 4 is 17.6 Å². The van der Waals surface area contributed by atoms with E-state index in [9.17, 15) is 9.59 Å². The number of aromatic nitrogens is 6. The second-order valence-corrected chi connectivity index (χ2v) is 11.2. The van der Waals surface area contributed by atoms with Crippen LogP contribution in [0.5, 0.6) is 0 Å². The Labute approximate surface area is 247 Å². The maximum Gasteiger partial charge on any atom is 0.259 e. The number of imidazole rings is 1. The first-order valence-corrected chi connectivity index (χ1v) is 14.3. The fourth-order valence-corrected chi connectivity index (χ4v) is 5.54. The van der Waals surface area contributed by atoms with E-state index in [1.807, 2.05) is 41.2 Å². The molecule has 0 bridgehead atoms. The van der Waals surface area contributed by atoms with Crippen molar-refractivity contribution in [3.05, 3.63) is 107 Å². The van der Waals surface area contributed by atoms with Crippen molar-refractivity contribution in [1.82, 2.24) is 34.2 Å². The summed E-state index contributed by atoms with van der Waals surface area (Å²) in [6, 6.07) is 17.2. The molecule has 1 fully saturated rings. The van der Waals surface area contributed by atoms with E-state index < -0.39 is 11.7 Å². The van der Waals surface area contributed by atoms with Gasteiger partial charge in [-0.15, -0.1) is 10.2 Å². The van der Waals surface area contributed by atoms with Crippen LogP contribution >= 0.6 is 0 Å². The van der Waals surface area contributed by atoms with Crippen LogP contribution in [0.2, 0.25) is 0 Å². The molecule has 0 spiro atoms. The van der Waals surface area contributed by atoms with Gasteiger partial charge in [0.05, 0.1) is 35.5 Å². The van der Waals surface area contributed by atoms with Gasteiger partial charge < -0.3 is 19.4 Å². The summed E-state index contributed by atoms with van der Waals surface area (Å²) in [6.07, 6.45) is 5.43. The van der Waals surface area contributed by atoms with Crippen molar-refractivity contribution < 1.29 is 14.0 Å². The zero-order valence-electron chi connectivity index (χ0n) is 23.7. The van der Waals surface area contributed by atoms with E-state index in [1.165, 1.54) is 12.1 Å². The molecule has 1 aliphatic heterocycles. The van der Waals surface area contributed by atoms with E-state index in [0.29, 0.717) is 40.8 Å². The fraction of sp³-hybridized carbons (Fsp3) is 0.250. The van der Waals surface area contributed by atoms with Crippen molar-refractivity contribution in [2.24, 2.45) is 0 Å². The molecule has 216 valence electrons.